The van der Waals surface area contributed by atoms with Crippen LogP contribution in [-0.2, 0) is 16.4 Å². The van der Waals surface area contributed by atoms with Crippen LogP contribution >= 0.6 is 0 Å². The summed E-state index contributed by atoms with van der Waals surface area (Å²) in [6.45, 7) is 6.07. The van der Waals surface area contributed by atoms with Crippen molar-refractivity contribution < 1.29 is 13.5 Å². The third-order valence-corrected chi connectivity index (χ3v) is 5.50. The van der Waals surface area contributed by atoms with Crippen LogP contribution in [0.3, 0.4) is 0 Å². The van der Waals surface area contributed by atoms with Crippen molar-refractivity contribution in [2.75, 3.05) is 22.9 Å². The van der Waals surface area contributed by atoms with Crippen molar-refractivity contribution in [1.29, 1.82) is 0 Å². The first kappa shape index (κ1) is 23.8. The number of pyridine rings is 1. The predicted octanol–water partition coefficient (Wildman–Crippen LogP) is 2.96. The second-order valence-electron chi connectivity index (χ2n) is 8.45. The van der Waals surface area contributed by atoms with Crippen LogP contribution in [0.4, 0.5) is 11.9 Å². The minimum Gasteiger partial charge on any atom is -0.394 e. The van der Waals surface area contributed by atoms with Gasteiger partial charge in [0.05, 0.1) is 24.4 Å². The van der Waals surface area contributed by atoms with Gasteiger partial charge in [0.15, 0.2) is 0 Å². The number of hydrogen-bond donors (Lipinski definition) is 3. The Kier molecular flexibility index (Phi) is 7.57. The van der Waals surface area contributed by atoms with Gasteiger partial charge in [0.2, 0.25) is 21.9 Å². The van der Waals surface area contributed by atoms with Crippen LogP contribution in [0.5, 0.6) is 0 Å². The molecule has 0 saturated carbocycles. The summed E-state index contributed by atoms with van der Waals surface area (Å²) < 4.78 is 25.8. The maximum atomic E-state index is 11.8. The fourth-order valence-corrected chi connectivity index (χ4v) is 4.05. The van der Waals surface area contributed by atoms with Crippen LogP contribution in [0.15, 0.2) is 36.5 Å². The lowest BCUT2D eigenvalue weighted by atomic mass is 9.95. The molecule has 0 aliphatic rings. The highest BCUT2D eigenvalue weighted by Crippen LogP contribution is 2.26. The standard InChI is InChI=1S/C22H30N6O3S/c1-14(2)11-17(13-29)24-21-25-19(26-22(27-21)28-32(4,30)31)12-15(3)18-9-5-7-16-8-6-10-23-20(16)18/h5-10,14-15,17,29H,11-13H2,1-4H3,(H2,24,25,26,27,28)/t15?,17-/m1/s1. The van der Waals surface area contributed by atoms with E-state index in [1.165, 1.54) is 0 Å². The zero-order chi connectivity index (χ0) is 23.3. The minimum absolute atomic E-state index is 0.0271. The molecule has 2 aromatic heterocycles. The summed E-state index contributed by atoms with van der Waals surface area (Å²) in [5.74, 6) is 0.997. The molecule has 0 bridgehead atoms. The van der Waals surface area contributed by atoms with Gasteiger partial charge in [-0.15, -0.1) is 0 Å². The summed E-state index contributed by atoms with van der Waals surface area (Å²) in [6, 6.07) is 9.70. The molecule has 3 aromatic rings. The molecule has 1 unspecified atom stereocenters. The molecule has 0 fully saturated rings. The SMILES string of the molecule is CC(C)C[C@H](CO)Nc1nc(CC(C)c2cccc3cccnc23)nc(NS(C)(=O)=O)n1. The predicted molar refractivity (Wildman–Crippen MR) is 126 cm³/mol. The monoisotopic (exact) mass is 458 g/mol. The molecule has 32 heavy (non-hydrogen) atoms. The molecule has 10 heteroatoms. The van der Waals surface area contributed by atoms with Crippen LogP contribution in [0.2, 0.25) is 0 Å². The smallest absolute Gasteiger partial charge is 0.241 e. The van der Waals surface area contributed by atoms with E-state index in [0.29, 0.717) is 24.6 Å². The molecule has 3 rings (SSSR count). The van der Waals surface area contributed by atoms with E-state index in [9.17, 15) is 13.5 Å². The molecule has 2 atom stereocenters. The number of aliphatic hydroxyl groups is 1. The molecule has 2 heterocycles. The molecule has 0 aliphatic carbocycles. The first-order valence-corrected chi connectivity index (χ1v) is 12.5. The summed E-state index contributed by atoms with van der Waals surface area (Å²) in [5, 5.41) is 13.9. The number of nitrogens with zero attached hydrogens (tertiary/aromatic N) is 4. The van der Waals surface area contributed by atoms with E-state index in [1.807, 2.05) is 30.3 Å². The van der Waals surface area contributed by atoms with Gasteiger partial charge in [-0.25, -0.2) is 8.42 Å². The Hall–Kier alpha value is -2.85. The Labute approximate surface area is 188 Å². The van der Waals surface area contributed by atoms with Gasteiger partial charge in [0, 0.05) is 18.0 Å². The molecule has 1 aromatic carbocycles. The average Bonchev–Trinajstić information content (AvgIpc) is 2.71. The molecule has 0 saturated heterocycles. The maximum absolute atomic E-state index is 11.8. The van der Waals surface area contributed by atoms with Crippen LogP contribution in [0, 0.1) is 5.92 Å². The molecule has 172 valence electrons. The number of sulfonamides is 1. The van der Waals surface area contributed by atoms with E-state index < -0.39 is 10.0 Å². The summed E-state index contributed by atoms with van der Waals surface area (Å²) >= 11 is 0. The zero-order valence-corrected chi connectivity index (χ0v) is 19.6. The molecule has 0 radical (unpaired) electrons. The van der Waals surface area contributed by atoms with Crippen molar-refractivity contribution in [2.24, 2.45) is 5.92 Å². The number of benzene rings is 1. The highest BCUT2D eigenvalue weighted by molar-refractivity contribution is 7.91. The summed E-state index contributed by atoms with van der Waals surface area (Å²) in [5.41, 5.74) is 1.98. The maximum Gasteiger partial charge on any atom is 0.241 e. The van der Waals surface area contributed by atoms with Crippen LogP contribution in [-0.4, -0.2) is 52.4 Å². The Balaban J connectivity index is 1.92. The Morgan fingerprint density at radius 3 is 2.44 bits per heavy atom. The number of para-hydroxylation sites is 1. The lowest BCUT2D eigenvalue weighted by Crippen LogP contribution is -2.27. The molecule has 9 nitrogen and oxygen atoms in total. The Morgan fingerprint density at radius 1 is 1.03 bits per heavy atom. The fourth-order valence-electron chi connectivity index (χ4n) is 3.63. The van der Waals surface area contributed by atoms with Crippen molar-refractivity contribution in [1.82, 2.24) is 19.9 Å². The molecule has 0 spiro atoms. The lowest BCUT2D eigenvalue weighted by Gasteiger charge is -2.19. The van der Waals surface area contributed by atoms with E-state index in [2.05, 4.69) is 50.7 Å². The van der Waals surface area contributed by atoms with Gasteiger partial charge < -0.3 is 10.4 Å². The second kappa shape index (κ2) is 10.2. The number of hydrogen-bond acceptors (Lipinski definition) is 8. The van der Waals surface area contributed by atoms with Gasteiger partial charge in [-0.3, -0.25) is 9.71 Å². The zero-order valence-electron chi connectivity index (χ0n) is 18.8. The quantitative estimate of drug-likeness (QED) is 0.423. The summed E-state index contributed by atoms with van der Waals surface area (Å²) in [6.07, 6.45) is 3.98. The van der Waals surface area contributed by atoms with Gasteiger partial charge in [-0.05, 0) is 29.9 Å². The van der Waals surface area contributed by atoms with Crippen LogP contribution < -0.4 is 10.0 Å². The molecule has 0 aliphatic heterocycles. The number of fused-ring (bicyclic) bond motifs is 1. The van der Waals surface area contributed by atoms with Crippen molar-refractivity contribution in [3.63, 3.8) is 0 Å². The third-order valence-electron chi connectivity index (χ3n) is 4.95. The Bertz CT molecular complexity index is 1160. The number of nitrogens with one attached hydrogen (secondary N) is 2. The minimum atomic E-state index is -3.56. The highest BCUT2D eigenvalue weighted by atomic mass is 32.2. The van der Waals surface area contributed by atoms with Gasteiger partial charge >= 0.3 is 0 Å². The third kappa shape index (κ3) is 6.57. The van der Waals surface area contributed by atoms with Crippen molar-refractivity contribution >= 4 is 32.8 Å². The number of anilines is 2. The van der Waals surface area contributed by atoms with Gasteiger partial charge in [-0.2, -0.15) is 15.0 Å². The second-order valence-corrected chi connectivity index (χ2v) is 10.2. The Morgan fingerprint density at radius 2 is 1.75 bits per heavy atom. The topological polar surface area (TPSA) is 130 Å². The summed E-state index contributed by atoms with van der Waals surface area (Å²) in [7, 11) is -3.56. The highest BCUT2D eigenvalue weighted by Gasteiger charge is 2.18. The van der Waals surface area contributed by atoms with E-state index in [4.69, 9.17) is 0 Å². The fraction of sp³-hybridized carbons (Fsp3) is 0.455. The van der Waals surface area contributed by atoms with Gasteiger partial charge in [-0.1, -0.05) is 45.0 Å². The van der Waals surface area contributed by atoms with Crippen molar-refractivity contribution in [2.45, 2.75) is 45.6 Å². The first-order valence-electron chi connectivity index (χ1n) is 10.6. The summed E-state index contributed by atoms with van der Waals surface area (Å²) in [4.78, 5) is 17.5. The average molecular weight is 459 g/mol. The van der Waals surface area contributed by atoms with E-state index >= 15 is 0 Å². The van der Waals surface area contributed by atoms with Crippen LogP contribution in [0.1, 0.15) is 44.5 Å². The number of rotatable bonds is 10. The van der Waals surface area contributed by atoms with Crippen LogP contribution in [0.25, 0.3) is 10.9 Å². The molecule has 3 N–H and O–H groups in total. The van der Waals surface area contributed by atoms with E-state index in [-0.39, 0.29) is 30.5 Å². The largest absolute Gasteiger partial charge is 0.394 e. The van der Waals surface area contributed by atoms with Crippen molar-refractivity contribution in [3.8, 4) is 0 Å². The van der Waals surface area contributed by atoms with Gasteiger partial charge in [0.1, 0.15) is 5.82 Å². The molecular formula is C22H30N6O3S. The van der Waals surface area contributed by atoms with Gasteiger partial charge in [0.25, 0.3) is 0 Å². The lowest BCUT2D eigenvalue weighted by molar-refractivity contribution is 0.259. The number of aromatic nitrogens is 4. The molecule has 0 amide bonds. The molecular weight excluding hydrogens is 428 g/mol. The van der Waals surface area contributed by atoms with E-state index in [1.54, 1.807) is 6.20 Å². The van der Waals surface area contributed by atoms with Crippen molar-refractivity contribution in [3.05, 3.63) is 47.9 Å². The first-order chi connectivity index (χ1) is 15.1. The normalized spacial score (nSPS) is 13.8. The van der Waals surface area contributed by atoms with E-state index in [0.717, 1.165) is 22.7 Å². The number of aliphatic hydroxyl groups excluding tert-OH is 1.